The molecule has 3 aromatic rings. The van der Waals surface area contributed by atoms with Gasteiger partial charge in [-0.05, 0) is 36.9 Å². The van der Waals surface area contributed by atoms with Crippen LogP contribution >= 0.6 is 0 Å². The Labute approximate surface area is 188 Å². The molecule has 1 N–H and O–H groups in total. The maximum Gasteiger partial charge on any atom is 0.271 e. The van der Waals surface area contributed by atoms with Gasteiger partial charge in [-0.1, -0.05) is 62.4 Å². The van der Waals surface area contributed by atoms with Gasteiger partial charge in [0.15, 0.2) is 0 Å². The van der Waals surface area contributed by atoms with Gasteiger partial charge in [0, 0.05) is 12.6 Å². The Bertz CT molecular complexity index is 1030. The fraction of sp³-hybridized carbons (Fsp3) is 0.320. The summed E-state index contributed by atoms with van der Waals surface area (Å²) in [6.07, 6.45) is 0. The van der Waals surface area contributed by atoms with Crippen molar-refractivity contribution in [2.24, 2.45) is 0 Å². The molecule has 7 heteroatoms. The molecule has 0 radical (unpaired) electrons. The summed E-state index contributed by atoms with van der Waals surface area (Å²) in [5, 5.41) is 7.22. The summed E-state index contributed by atoms with van der Waals surface area (Å²) in [5.74, 6) is 0.411. The first-order valence-corrected chi connectivity index (χ1v) is 11.0. The summed E-state index contributed by atoms with van der Waals surface area (Å²) in [6.45, 7) is 6.93. The van der Waals surface area contributed by atoms with Gasteiger partial charge in [0.05, 0.1) is 12.6 Å². The predicted octanol–water partition coefficient (Wildman–Crippen LogP) is 3.14. The summed E-state index contributed by atoms with van der Waals surface area (Å²) >= 11 is 0. The third kappa shape index (κ3) is 6.28. The number of nitrogens with zero attached hydrogens (tertiary/aromatic N) is 3. The zero-order chi connectivity index (χ0) is 22.8. The second-order valence-corrected chi connectivity index (χ2v) is 7.30. The molecule has 168 valence electrons. The fourth-order valence-electron chi connectivity index (χ4n) is 3.57. The SMILES string of the molecule is CCN(CC)C(CNC(=O)c1ccc(=O)n(CCOc2ccccc2)n1)c1ccccc1. The Balaban J connectivity index is 1.64. The number of hydrogen-bond acceptors (Lipinski definition) is 5. The van der Waals surface area contributed by atoms with Gasteiger partial charge in [-0.2, -0.15) is 5.10 Å². The van der Waals surface area contributed by atoms with Crippen LogP contribution in [0.2, 0.25) is 0 Å². The van der Waals surface area contributed by atoms with Gasteiger partial charge in [-0.15, -0.1) is 0 Å². The summed E-state index contributed by atoms with van der Waals surface area (Å²) in [4.78, 5) is 27.3. The Kier molecular flexibility index (Phi) is 8.57. The Morgan fingerprint density at radius 2 is 1.66 bits per heavy atom. The fourth-order valence-corrected chi connectivity index (χ4v) is 3.57. The van der Waals surface area contributed by atoms with Gasteiger partial charge < -0.3 is 10.1 Å². The molecule has 0 fully saturated rings. The topological polar surface area (TPSA) is 76.5 Å². The van der Waals surface area contributed by atoms with Crippen molar-refractivity contribution in [3.63, 3.8) is 0 Å². The number of carbonyl (C=O) groups excluding carboxylic acids is 1. The third-order valence-electron chi connectivity index (χ3n) is 5.31. The largest absolute Gasteiger partial charge is 0.492 e. The average Bonchev–Trinajstić information content (AvgIpc) is 2.84. The lowest BCUT2D eigenvalue weighted by Gasteiger charge is -2.30. The molecule has 1 aromatic heterocycles. The van der Waals surface area contributed by atoms with E-state index in [0.717, 1.165) is 24.4 Å². The van der Waals surface area contributed by atoms with Gasteiger partial charge in [0.25, 0.3) is 11.5 Å². The van der Waals surface area contributed by atoms with E-state index in [1.165, 1.54) is 16.8 Å². The third-order valence-corrected chi connectivity index (χ3v) is 5.31. The van der Waals surface area contributed by atoms with Gasteiger partial charge in [-0.3, -0.25) is 14.5 Å². The lowest BCUT2D eigenvalue weighted by molar-refractivity contribution is 0.0927. The highest BCUT2D eigenvalue weighted by Gasteiger charge is 2.19. The molecule has 3 rings (SSSR count). The average molecular weight is 435 g/mol. The molecular weight excluding hydrogens is 404 g/mol. The second-order valence-electron chi connectivity index (χ2n) is 7.30. The van der Waals surface area contributed by atoms with Crippen LogP contribution in [0.15, 0.2) is 77.6 Å². The number of nitrogens with one attached hydrogen (secondary N) is 1. The van der Waals surface area contributed by atoms with Gasteiger partial charge in [-0.25, -0.2) is 4.68 Å². The quantitative estimate of drug-likeness (QED) is 0.502. The van der Waals surface area contributed by atoms with Crippen LogP contribution in [-0.2, 0) is 6.54 Å². The lowest BCUT2D eigenvalue weighted by atomic mass is 10.1. The number of likely N-dealkylation sites (N-methyl/N-ethyl adjacent to an activating group) is 1. The minimum absolute atomic E-state index is 0.0559. The van der Waals surface area contributed by atoms with E-state index in [1.54, 1.807) is 0 Å². The van der Waals surface area contributed by atoms with Crippen molar-refractivity contribution in [2.45, 2.75) is 26.4 Å². The summed E-state index contributed by atoms with van der Waals surface area (Å²) in [5.41, 5.74) is 1.08. The normalized spacial score (nSPS) is 11.8. The van der Waals surface area contributed by atoms with E-state index in [0.29, 0.717) is 6.54 Å². The van der Waals surface area contributed by atoms with E-state index in [-0.39, 0.29) is 36.4 Å². The molecule has 0 saturated heterocycles. The van der Waals surface area contributed by atoms with E-state index in [1.807, 2.05) is 48.5 Å². The molecule has 0 aliphatic rings. The van der Waals surface area contributed by atoms with Crippen LogP contribution in [0.3, 0.4) is 0 Å². The zero-order valence-corrected chi connectivity index (χ0v) is 18.6. The Morgan fingerprint density at radius 3 is 2.31 bits per heavy atom. The number of para-hydroxylation sites is 1. The lowest BCUT2D eigenvalue weighted by Crippen LogP contribution is -2.39. The van der Waals surface area contributed by atoms with Crippen molar-refractivity contribution in [3.05, 3.63) is 94.4 Å². The molecule has 1 atom stereocenters. The van der Waals surface area contributed by atoms with E-state index in [4.69, 9.17) is 4.74 Å². The van der Waals surface area contributed by atoms with Crippen LogP contribution in [0, 0.1) is 0 Å². The molecule has 1 amide bonds. The van der Waals surface area contributed by atoms with Crippen molar-refractivity contribution < 1.29 is 9.53 Å². The molecular formula is C25H30N4O3. The molecule has 0 aliphatic heterocycles. The van der Waals surface area contributed by atoms with Crippen molar-refractivity contribution in [1.29, 1.82) is 0 Å². The number of aromatic nitrogens is 2. The standard InChI is InChI=1S/C25H30N4O3/c1-3-28(4-2)23(20-11-7-5-8-12-20)19-26-25(31)22-15-16-24(30)29(27-22)17-18-32-21-13-9-6-10-14-21/h5-16,23H,3-4,17-19H2,1-2H3,(H,26,31). The second kappa shape index (κ2) is 11.8. The van der Waals surface area contributed by atoms with Crippen LogP contribution in [0.1, 0.15) is 35.9 Å². The van der Waals surface area contributed by atoms with Crippen molar-refractivity contribution in [2.75, 3.05) is 26.2 Å². The summed E-state index contributed by atoms with van der Waals surface area (Å²) in [6, 6.07) is 22.4. The van der Waals surface area contributed by atoms with Crippen LogP contribution in [0.5, 0.6) is 5.75 Å². The minimum atomic E-state index is -0.309. The van der Waals surface area contributed by atoms with Crippen LogP contribution < -0.4 is 15.6 Å². The molecule has 32 heavy (non-hydrogen) atoms. The monoisotopic (exact) mass is 434 g/mol. The number of hydrogen-bond donors (Lipinski definition) is 1. The Hall–Kier alpha value is -3.45. The maximum absolute atomic E-state index is 12.8. The van der Waals surface area contributed by atoms with Crippen LogP contribution in [0.25, 0.3) is 0 Å². The van der Waals surface area contributed by atoms with E-state index in [2.05, 4.69) is 41.3 Å². The number of amides is 1. The molecule has 1 heterocycles. The summed E-state index contributed by atoms with van der Waals surface area (Å²) < 4.78 is 6.90. The first-order valence-electron chi connectivity index (χ1n) is 11.0. The number of carbonyl (C=O) groups is 1. The first-order chi connectivity index (χ1) is 15.6. The van der Waals surface area contributed by atoms with E-state index in [9.17, 15) is 9.59 Å². The van der Waals surface area contributed by atoms with Gasteiger partial charge in [0.2, 0.25) is 0 Å². The minimum Gasteiger partial charge on any atom is -0.492 e. The smallest absolute Gasteiger partial charge is 0.271 e. The van der Waals surface area contributed by atoms with Gasteiger partial charge >= 0.3 is 0 Å². The Morgan fingerprint density at radius 1 is 1.00 bits per heavy atom. The molecule has 0 aliphatic carbocycles. The molecule has 0 spiro atoms. The van der Waals surface area contributed by atoms with Crippen LogP contribution in [0.4, 0.5) is 0 Å². The number of benzene rings is 2. The molecule has 2 aromatic carbocycles. The first kappa shape index (κ1) is 23.2. The molecule has 7 nitrogen and oxygen atoms in total. The van der Waals surface area contributed by atoms with Gasteiger partial charge in [0.1, 0.15) is 18.1 Å². The van der Waals surface area contributed by atoms with E-state index >= 15 is 0 Å². The van der Waals surface area contributed by atoms with Crippen molar-refractivity contribution in [1.82, 2.24) is 20.0 Å². The van der Waals surface area contributed by atoms with Crippen molar-refractivity contribution >= 4 is 5.91 Å². The highest BCUT2D eigenvalue weighted by molar-refractivity contribution is 5.92. The zero-order valence-electron chi connectivity index (χ0n) is 18.6. The number of ether oxygens (including phenoxy) is 1. The molecule has 0 bridgehead atoms. The number of rotatable bonds is 11. The molecule has 1 unspecified atom stereocenters. The molecule has 0 saturated carbocycles. The highest BCUT2D eigenvalue weighted by Crippen LogP contribution is 2.19. The van der Waals surface area contributed by atoms with Crippen molar-refractivity contribution in [3.8, 4) is 5.75 Å². The van der Waals surface area contributed by atoms with Crippen LogP contribution in [-0.4, -0.2) is 46.8 Å². The predicted molar refractivity (Wildman–Crippen MR) is 125 cm³/mol. The summed E-state index contributed by atoms with van der Waals surface area (Å²) in [7, 11) is 0. The maximum atomic E-state index is 12.8. The van der Waals surface area contributed by atoms with E-state index < -0.39 is 0 Å². The highest BCUT2D eigenvalue weighted by atomic mass is 16.5.